The Hall–Kier alpha value is -3.78. The molecule has 0 aliphatic carbocycles. The minimum atomic E-state index is -0.171. The number of nitrogens with two attached hydrogens (primary N) is 1. The Kier molecular flexibility index (Phi) is 7.07. The molecule has 0 radical (unpaired) electrons. The third-order valence-electron chi connectivity index (χ3n) is 4.33. The largest absolute Gasteiger partial charge is 0.394 e. The first-order valence-electron chi connectivity index (χ1n) is 9.52. The molecular formula is C22H24N6O2. The highest BCUT2D eigenvalue weighted by Gasteiger charge is 2.12. The van der Waals surface area contributed by atoms with Crippen LogP contribution in [0.3, 0.4) is 0 Å². The van der Waals surface area contributed by atoms with Gasteiger partial charge in [0.2, 0.25) is 0 Å². The first-order valence-corrected chi connectivity index (χ1v) is 9.52. The minimum absolute atomic E-state index is 0.0306. The van der Waals surface area contributed by atoms with Crippen molar-refractivity contribution in [1.82, 2.24) is 20.7 Å². The number of nitrogens with one attached hydrogen (secondary N) is 2. The lowest BCUT2D eigenvalue weighted by Crippen LogP contribution is -2.22. The average molecular weight is 404 g/mol. The molecule has 8 heteroatoms. The molecule has 0 aliphatic heterocycles. The van der Waals surface area contributed by atoms with E-state index in [1.165, 1.54) is 0 Å². The number of hydrogen-bond donors (Lipinski definition) is 4. The molecule has 5 N–H and O–H groups in total. The number of carbonyl (C=O) groups excluding carboxylic acids is 1. The predicted octanol–water partition coefficient (Wildman–Crippen LogP) is 1.96. The smallest absolute Gasteiger partial charge is 0.251 e. The van der Waals surface area contributed by atoms with Gasteiger partial charge < -0.3 is 21.6 Å². The Morgan fingerprint density at radius 2 is 1.97 bits per heavy atom. The fourth-order valence-corrected chi connectivity index (χ4v) is 2.78. The molecule has 0 saturated heterocycles. The van der Waals surface area contributed by atoms with Crippen LogP contribution in [0, 0.1) is 0 Å². The van der Waals surface area contributed by atoms with Crippen molar-refractivity contribution in [2.45, 2.75) is 13.5 Å². The zero-order valence-electron chi connectivity index (χ0n) is 16.7. The fourth-order valence-electron chi connectivity index (χ4n) is 2.78. The summed E-state index contributed by atoms with van der Waals surface area (Å²) < 4.78 is 0. The van der Waals surface area contributed by atoms with E-state index in [0.717, 1.165) is 11.1 Å². The van der Waals surface area contributed by atoms with Crippen molar-refractivity contribution in [2.75, 3.05) is 18.9 Å². The Morgan fingerprint density at radius 3 is 2.73 bits per heavy atom. The van der Waals surface area contributed by atoms with Crippen LogP contribution < -0.4 is 16.5 Å². The monoisotopic (exact) mass is 404 g/mol. The highest BCUT2D eigenvalue weighted by Crippen LogP contribution is 2.20. The van der Waals surface area contributed by atoms with Gasteiger partial charge in [-0.25, -0.2) is 9.97 Å². The minimum Gasteiger partial charge on any atom is -0.394 e. The summed E-state index contributed by atoms with van der Waals surface area (Å²) in [6, 6.07) is 16.9. The second-order valence-corrected chi connectivity index (χ2v) is 6.57. The molecule has 0 spiro atoms. The summed E-state index contributed by atoms with van der Waals surface area (Å²) in [5.74, 6) is 0.0813. The van der Waals surface area contributed by atoms with E-state index in [4.69, 9.17) is 10.8 Å². The van der Waals surface area contributed by atoms with Crippen molar-refractivity contribution in [3.05, 3.63) is 77.6 Å². The van der Waals surface area contributed by atoms with Gasteiger partial charge in [0, 0.05) is 17.7 Å². The molecule has 0 aliphatic rings. The lowest BCUT2D eigenvalue weighted by molar-refractivity contribution is 0.0951. The number of anilines is 1. The number of amides is 1. The topological polar surface area (TPSA) is 126 Å². The highest BCUT2D eigenvalue weighted by molar-refractivity contribution is 6.01. The molecule has 1 amide bonds. The van der Waals surface area contributed by atoms with Gasteiger partial charge in [0.25, 0.3) is 5.91 Å². The number of benzene rings is 2. The molecule has 0 unspecified atom stereocenters. The normalized spacial score (nSPS) is 11.2. The maximum atomic E-state index is 12.6. The van der Waals surface area contributed by atoms with E-state index in [0.29, 0.717) is 35.8 Å². The Bertz CT molecular complexity index is 1040. The quantitative estimate of drug-likeness (QED) is 0.258. The zero-order valence-corrected chi connectivity index (χ0v) is 16.7. The molecule has 1 heterocycles. The van der Waals surface area contributed by atoms with Crippen molar-refractivity contribution < 1.29 is 9.90 Å². The summed E-state index contributed by atoms with van der Waals surface area (Å²) in [7, 11) is 0. The van der Waals surface area contributed by atoms with Crippen molar-refractivity contribution in [3.8, 4) is 11.3 Å². The van der Waals surface area contributed by atoms with Gasteiger partial charge in [-0.15, -0.1) is 0 Å². The third kappa shape index (κ3) is 5.39. The maximum Gasteiger partial charge on any atom is 0.251 e. The van der Waals surface area contributed by atoms with E-state index < -0.39 is 0 Å². The molecule has 2 aromatic carbocycles. The summed E-state index contributed by atoms with van der Waals surface area (Å²) in [6.45, 7) is 2.50. The van der Waals surface area contributed by atoms with Crippen molar-refractivity contribution in [3.63, 3.8) is 0 Å². The number of carbonyl (C=O) groups is 1. The van der Waals surface area contributed by atoms with Gasteiger partial charge in [-0.2, -0.15) is 5.10 Å². The number of rotatable bonds is 8. The molecular weight excluding hydrogens is 380 g/mol. The molecule has 8 nitrogen and oxygen atoms in total. The Morgan fingerprint density at radius 1 is 1.17 bits per heavy atom. The van der Waals surface area contributed by atoms with E-state index >= 15 is 0 Å². The first kappa shape index (κ1) is 20.9. The SMILES string of the molecule is CC(=NNCCO)c1nc(-c2cccc(C(=O)NCc3ccccc3)c2)cnc1N. The van der Waals surface area contributed by atoms with Crippen molar-refractivity contribution >= 4 is 17.4 Å². The van der Waals surface area contributed by atoms with Gasteiger partial charge in [0.1, 0.15) is 5.69 Å². The molecule has 0 fully saturated rings. The van der Waals surface area contributed by atoms with Gasteiger partial charge in [0.15, 0.2) is 5.82 Å². The second kappa shape index (κ2) is 10.1. The third-order valence-corrected chi connectivity index (χ3v) is 4.33. The number of aliphatic hydroxyl groups excluding tert-OH is 1. The lowest BCUT2D eigenvalue weighted by atomic mass is 10.1. The van der Waals surface area contributed by atoms with E-state index in [1.54, 1.807) is 31.3 Å². The van der Waals surface area contributed by atoms with E-state index in [1.807, 2.05) is 36.4 Å². The van der Waals surface area contributed by atoms with E-state index in [2.05, 4.69) is 25.8 Å². The Balaban J connectivity index is 1.79. The number of nitrogens with zero attached hydrogens (tertiary/aromatic N) is 3. The predicted molar refractivity (Wildman–Crippen MR) is 117 cm³/mol. The average Bonchev–Trinajstić information content (AvgIpc) is 2.78. The zero-order chi connectivity index (χ0) is 21.3. The van der Waals surface area contributed by atoms with Crippen LogP contribution in [0.4, 0.5) is 5.82 Å². The summed E-state index contributed by atoms with van der Waals surface area (Å²) in [6.07, 6.45) is 1.56. The standard InChI is InChI=1S/C22H24N6O2/c1-15(28-26-10-11-29)20-21(23)24-14-19(27-20)17-8-5-9-18(12-17)22(30)25-13-16-6-3-2-4-7-16/h2-9,12,14,26,29H,10-11,13H2,1H3,(H2,23,24)(H,25,30). The number of hydrazone groups is 1. The molecule has 1 aromatic heterocycles. The van der Waals surface area contributed by atoms with Gasteiger partial charge in [-0.1, -0.05) is 42.5 Å². The summed E-state index contributed by atoms with van der Waals surface area (Å²) in [5.41, 5.74) is 12.5. The van der Waals surface area contributed by atoms with Crippen molar-refractivity contribution in [1.29, 1.82) is 0 Å². The molecule has 30 heavy (non-hydrogen) atoms. The van der Waals surface area contributed by atoms with Gasteiger partial charge in [-0.05, 0) is 24.6 Å². The van der Waals surface area contributed by atoms with Crippen LogP contribution in [0.1, 0.15) is 28.5 Å². The molecule has 0 saturated carbocycles. The first-order chi connectivity index (χ1) is 14.6. The molecule has 3 rings (SSSR count). The number of nitrogen functional groups attached to an aromatic ring is 1. The number of hydrogen-bond acceptors (Lipinski definition) is 7. The van der Waals surface area contributed by atoms with Crippen LogP contribution in [-0.4, -0.2) is 39.8 Å². The summed E-state index contributed by atoms with van der Waals surface area (Å²) in [4.78, 5) is 21.3. The van der Waals surface area contributed by atoms with Crippen LogP contribution in [0.25, 0.3) is 11.3 Å². The van der Waals surface area contributed by atoms with E-state index in [-0.39, 0.29) is 18.3 Å². The van der Waals surface area contributed by atoms with Crippen LogP contribution in [0.2, 0.25) is 0 Å². The Labute approximate surface area is 174 Å². The summed E-state index contributed by atoms with van der Waals surface area (Å²) in [5, 5.41) is 15.9. The van der Waals surface area contributed by atoms with Crippen LogP contribution in [0.5, 0.6) is 0 Å². The fraction of sp³-hybridized carbons (Fsp3) is 0.182. The van der Waals surface area contributed by atoms with E-state index in [9.17, 15) is 4.79 Å². The van der Waals surface area contributed by atoms with Crippen LogP contribution in [-0.2, 0) is 6.54 Å². The van der Waals surface area contributed by atoms with Gasteiger partial charge >= 0.3 is 0 Å². The number of aliphatic hydroxyl groups is 1. The van der Waals surface area contributed by atoms with Gasteiger partial charge in [0.05, 0.1) is 30.8 Å². The second-order valence-electron chi connectivity index (χ2n) is 6.57. The molecule has 3 aromatic rings. The number of aromatic nitrogens is 2. The van der Waals surface area contributed by atoms with Gasteiger partial charge in [-0.3, -0.25) is 4.79 Å². The van der Waals surface area contributed by atoms with Crippen LogP contribution >= 0.6 is 0 Å². The molecule has 154 valence electrons. The van der Waals surface area contributed by atoms with Crippen LogP contribution in [0.15, 0.2) is 65.9 Å². The highest BCUT2D eigenvalue weighted by atomic mass is 16.3. The maximum absolute atomic E-state index is 12.6. The van der Waals surface area contributed by atoms with Crippen molar-refractivity contribution in [2.24, 2.45) is 5.10 Å². The summed E-state index contributed by atoms with van der Waals surface area (Å²) >= 11 is 0. The lowest BCUT2D eigenvalue weighted by Gasteiger charge is -2.09. The molecule has 0 atom stereocenters. The molecule has 0 bridgehead atoms.